The van der Waals surface area contributed by atoms with E-state index < -0.39 is 0 Å². The van der Waals surface area contributed by atoms with Gasteiger partial charge in [-0.2, -0.15) is 0 Å². The summed E-state index contributed by atoms with van der Waals surface area (Å²) in [6.07, 6.45) is 4.42. The van der Waals surface area contributed by atoms with Gasteiger partial charge in [0.2, 0.25) is 0 Å². The van der Waals surface area contributed by atoms with Crippen LogP contribution in [0, 0.1) is 0 Å². The third-order valence-electron chi connectivity index (χ3n) is 2.78. The normalized spacial score (nSPS) is 13.3. The Labute approximate surface area is 91.4 Å². The highest BCUT2D eigenvalue weighted by Crippen LogP contribution is 2.16. The lowest BCUT2D eigenvalue weighted by Crippen LogP contribution is -2.32. The van der Waals surface area contributed by atoms with E-state index in [1.165, 1.54) is 0 Å². The molecule has 1 heterocycles. The van der Waals surface area contributed by atoms with Gasteiger partial charge in [0.05, 0.1) is 18.6 Å². The Morgan fingerprint density at radius 1 is 1.47 bits per heavy atom. The van der Waals surface area contributed by atoms with Crippen LogP contribution in [0.15, 0.2) is 23.0 Å². The predicted molar refractivity (Wildman–Crippen MR) is 61.2 cm³/mol. The van der Waals surface area contributed by atoms with E-state index in [4.69, 9.17) is 10.3 Å². The van der Waals surface area contributed by atoms with Gasteiger partial charge in [-0.15, -0.1) is 0 Å². The first-order valence-corrected chi connectivity index (χ1v) is 5.52. The van der Waals surface area contributed by atoms with Crippen molar-refractivity contribution in [1.29, 1.82) is 0 Å². The molecule has 1 aromatic rings. The highest BCUT2D eigenvalue weighted by Gasteiger charge is 2.11. The van der Waals surface area contributed by atoms with E-state index in [1.807, 2.05) is 6.07 Å². The number of hydrogen-bond donors (Lipinski definition) is 2. The lowest BCUT2D eigenvalue weighted by atomic mass is 10.1. The van der Waals surface area contributed by atoms with Crippen molar-refractivity contribution in [2.45, 2.75) is 26.3 Å². The van der Waals surface area contributed by atoms with Crippen molar-refractivity contribution in [3.8, 4) is 0 Å². The Balaban J connectivity index is 2.41. The van der Waals surface area contributed by atoms with Crippen LogP contribution in [0.2, 0.25) is 0 Å². The molecule has 1 atom stereocenters. The molecule has 0 saturated carbocycles. The summed E-state index contributed by atoms with van der Waals surface area (Å²) >= 11 is 0. The number of nitrogens with two attached hydrogens (primary N) is 1. The molecule has 0 aliphatic rings. The van der Waals surface area contributed by atoms with E-state index in [-0.39, 0.29) is 6.04 Å². The van der Waals surface area contributed by atoms with Crippen LogP contribution in [0.1, 0.15) is 31.9 Å². The van der Waals surface area contributed by atoms with E-state index in [2.05, 4.69) is 24.2 Å². The highest BCUT2D eigenvalue weighted by molar-refractivity contribution is 5.11. The van der Waals surface area contributed by atoms with Crippen LogP contribution in [-0.4, -0.2) is 24.5 Å². The summed E-state index contributed by atoms with van der Waals surface area (Å²) in [5, 5.41) is 0. The van der Waals surface area contributed by atoms with E-state index in [1.54, 1.807) is 12.5 Å². The molecule has 0 fully saturated rings. The first-order chi connectivity index (χ1) is 7.31. The maximum absolute atomic E-state index is 5.52. The van der Waals surface area contributed by atoms with Crippen LogP contribution in [0.5, 0.6) is 0 Å². The SMILES string of the molecule is CCN(CC)CCC(NN)c1ccoc1. The third kappa shape index (κ3) is 3.66. The number of nitrogens with zero attached hydrogens (tertiary/aromatic N) is 1. The Hall–Kier alpha value is -0.840. The molecule has 1 aromatic heterocycles. The molecule has 15 heavy (non-hydrogen) atoms. The van der Waals surface area contributed by atoms with Crippen molar-refractivity contribution in [3.05, 3.63) is 24.2 Å². The summed E-state index contributed by atoms with van der Waals surface area (Å²) in [5.41, 5.74) is 3.94. The van der Waals surface area contributed by atoms with Gasteiger partial charge in [0.25, 0.3) is 0 Å². The summed E-state index contributed by atoms with van der Waals surface area (Å²) in [5.74, 6) is 5.52. The van der Waals surface area contributed by atoms with E-state index in [0.717, 1.165) is 31.6 Å². The Morgan fingerprint density at radius 2 is 2.20 bits per heavy atom. The fourth-order valence-corrected chi connectivity index (χ4v) is 1.67. The molecule has 0 saturated heterocycles. The third-order valence-corrected chi connectivity index (χ3v) is 2.78. The molecule has 0 spiro atoms. The van der Waals surface area contributed by atoms with Crippen molar-refractivity contribution in [2.75, 3.05) is 19.6 Å². The Kier molecular flexibility index (Phi) is 5.39. The highest BCUT2D eigenvalue weighted by atomic mass is 16.3. The maximum atomic E-state index is 5.52. The summed E-state index contributed by atoms with van der Waals surface area (Å²) < 4.78 is 5.05. The minimum absolute atomic E-state index is 0.185. The van der Waals surface area contributed by atoms with Gasteiger partial charge < -0.3 is 9.32 Å². The summed E-state index contributed by atoms with van der Waals surface area (Å²) in [7, 11) is 0. The summed E-state index contributed by atoms with van der Waals surface area (Å²) in [6, 6.07) is 2.14. The average Bonchev–Trinajstić information content (AvgIpc) is 2.78. The first kappa shape index (κ1) is 12.2. The molecule has 0 radical (unpaired) electrons. The lowest BCUT2D eigenvalue weighted by molar-refractivity contribution is 0.282. The van der Waals surface area contributed by atoms with Crippen molar-refractivity contribution in [2.24, 2.45) is 5.84 Å². The second-order valence-electron chi connectivity index (χ2n) is 3.59. The van der Waals surface area contributed by atoms with Crippen LogP contribution >= 0.6 is 0 Å². The van der Waals surface area contributed by atoms with Gasteiger partial charge in [-0.1, -0.05) is 13.8 Å². The average molecular weight is 211 g/mol. The number of nitrogens with one attached hydrogen (secondary N) is 1. The van der Waals surface area contributed by atoms with Crippen LogP contribution in [-0.2, 0) is 0 Å². The summed E-state index contributed by atoms with van der Waals surface area (Å²) in [6.45, 7) is 7.56. The molecule has 1 unspecified atom stereocenters. The molecule has 0 amide bonds. The van der Waals surface area contributed by atoms with Gasteiger partial charge in [0, 0.05) is 5.56 Å². The van der Waals surface area contributed by atoms with E-state index >= 15 is 0 Å². The van der Waals surface area contributed by atoms with Crippen LogP contribution < -0.4 is 11.3 Å². The standard InChI is InChI=1S/C11H21N3O/c1-3-14(4-2)7-5-11(13-12)10-6-8-15-9-10/h6,8-9,11,13H,3-5,7,12H2,1-2H3. The fraction of sp³-hybridized carbons (Fsp3) is 0.636. The van der Waals surface area contributed by atoms with Gasteiger partial charge in [-0.25, -0.2) is 0 Å². The van der Waals surface area contributed by atoms with Crippen molar-refractivity contribution in [3.63, 3.8) is 0 Å². The monoisotopic (exact) mass is 211 g/mol. The van der Waals surface area contributed by atoms with Crippen molar-refractivity contribution >= 4 is 0 Å². The molecule has 86 valence electrons. The van der Waals surface area contributed by atoms with E-state index in [0.29, 0.717) is 0 Å². The van der Waals surface area contributed by atoms with Crippen LogP contribution in [0.25, 0.3) is 0 Å². The minimum Gasteiger partial charge on any atom is -0.472 e. The topological polar surface area (TPSA) is 54.4 Å². The molecule has 0 aliphatic heterocycles. The van der Waals surface area contributed by atoms with Gasteiger partial charge in [0.15, 0.2) is 0 Å². The maximum Gasteiger partial charge on any atom is 0.0950 e. The van der Waals surface area contributed by atoms with Gasteiger partial charge >= 0.3 is 0 Å². The van der Waals surface area contributed by atoms with Crippen molar-refractivity contribution < 1.29 is 4.42 Å². The molecule has 1 rings (SSSR count). The molecule has 3 N–H and O–H groups in total. The lowest BCUT2D eigenvalue weighted by Gasteiger charge is -2.21. The molecular formula is C11H21N3O. The number of rotatable bonds is 7. The largest absolute Gasteiger partial charge is 0.472 e. The Morgan fingerprint density at radius 3 is 2.67 bits per heavy atom. The second-order valence-corrected chi connectivity index (χ2v) is 3.59. The zero-order chi connectivity index (χ0) is 11.1. The molecule has 4 heteroatoms. The molecular weight excluding hydrogens is 190 g/mol. The summed E-state index contributed by atoms with van der Waals surface area (Å²) in [4.78, 5) is 2.38. The molecule has 4 nitrogen and oxygen atoms in total. The van der Waals surface area contributed by atoms with Gasteiger partial charge in [-0.3, -0.25) is 11.3 Å². The smallest absolute Gasteiger partial charge is 0.0950 e. The van der Waals surface area contributed by atoms with E-state index in [9.17, 15) is 0 Å². The number of furan rings is 1. The molecule has 0 aliphatic carbocycles. The minimum atomic E-state index is 0.185. The van der Waals surface area contributed by atoms with Crippen LogP contribution in [0.3, 0.4) is 0 Å². The van der Waals surface area contributed by atoms with Crippen LogP contribution in [0.4, 0.5) is 0 Å². The number of hydrogen-bond acceptors (Lipinski definition) is 4. The zero-order valence-electron chi connectivity index (χ0n) is 9.57. The predicted octanol–water partition coefficient (Wildman–Crippen LogP) is 1.52. The first-order valence-electron chi connectivity index (χ1n) is 5.52. The van der Waals surface area contributed by atoms with Gasteiger partial charge in [-0.05, 0) is 32.1 Å². The fourth-order valence-electron chi connectivity index (χ4n) is 1.67. The Bertz CT molecular complexity index is 244. The quantitative estimate of drug-likeness (QED) is 0.530. The number of hydrazine groups is 1. The van der Waals surface area contributed by atoms with Crippen molar-refractivity contribution in [1.82, 2.24) is 10.3 Å². The molecule has 0 aromatic carbocycles. The second kappa shape index (κ2) is 6.61. The zero-order valence-corrected chi connectivity index (χ0v) is 9.57. The molecule has 0 bridgehead atoms. The van der Waals surface area contributed by atoms with Gasteiger partial charge in [0.1, 0.15) is 0 Å².